The third-order valence-electron chi connectivity index (χ3n) is 1.86. The average Bonchev–Trinajstić information content (AvgIpc) is 2.33. The van der Waals surface area contributed by atoms with Crippen molar-refractivity contribution in [1.29, 1.82) is 0 Å². The van der Waals surface area contributed by atoms with E-state index < -0.39 is 12.0 Å². The molecule has 0 aliphatic carbocycles. The number of benzene rings is 1. The van der Waals surface area contributed by atoms with Crippen LogP contribution in [0.1, 0.15) is 12.5 Å². The molecule has 1 aromatic rings. The van der Waals surface area contributed by atoms with Gasteiger partial charge in [0, 0.05) is 32.7 Å². The normalized spacial score (nSPS) is 10.0. The first-order chi connectivity index (χ1) is 8.54. The molecular formula is C12H13NO5Y-2. The van der Waals surface area contributed by atoms with Crippen LogP contribution in [0.4, 0.5) is 0 Å². The first-order valence-corrected chi connectivity index (χ1v) is 4.95. The molecule has 1 atom stereocenters. The molecule has 0 saturated heterocycles. The van der Waals surface area contributed by atoms with Crippen LogP contribution in [0.5, 0.6) is 5.75 Å². The van der Waals surface area contributed by atoms with Gasteiger partial charge in [-0.3, -0.25) is 11.1 Å². The van der Waals surface area contributed by atoms with E-state index in [1.807, 2.05) is 0 Å². The fraction of sp³-hybridized carbons (Fsp3) is 0.250. The molecule has 0 bridgehead atoms. The second-order valence-electron chi connectivity index (χ2n) is 3.18. The van der Waals surface area contributed by atoms with Gasteiger partial charge in [0.05, 0.1) is 0 Å². The summed E-state index contributed by atoms with van der Waals surface area (Å²) in [7, 11) is 0. The van der Waals surface area contributed by atoms with Gasteiger partial charge in [-0.2, -0.15) is 6.92 Å². The summed E-state index contributed by atoms with van der Waals surface area (Å²) in [6, 6.07) is 5.48. The zero-order valence-electron chi connectivity index (χ0n) is 10.3. The SMILES string of the molecule is C[C-]=O.NC(Cc1ccc(O[C-]=O)cc1)C(=O)O.[Y]. The Kier molecular flexibility index (Phi) is 12.7. The quantitative estimate of drug-likeness (QED) is 0.742. The van der Waals surface area contributed by atoms with Crippen molar-refractivity contribution in [3.05, 3.63) is 29.8 Å². The maximum Gasteiger partial charge on any atom is 0.320 e. The van der Waals surface area contributed by atoms with Crippen molar-refractivity contribution >= 4 is 18.7 Å². The molecule has 6 nitrogen and oxygen atoms in total. The van der Waals surface area contributed by atoms with E-state index in [-0.39, 0.29) is 39.1 Å². The monoisotopic (exact) mass is 340 g/mol. The van der Waals surface area contributed by atoms with E-state index in [9.17, 15) is 9.59 Å². The molecular weight excluding hydrogens is 327 g/mol. The Morgan fingerprint density at radius 2 is 1.84 bits per heavy atom. The van der Waals surface area contributed by atoms with E-state index in [1.54, 1.807) is 24.3 Å². The summed E-state index contributed by atoms with van der Waals surface area (Å²) in [6.45, 7) is 2.61. The Balaban J connectivity index is 0. The van der Waals surface area contributed by atoms with Gasteiger partial charge in [0.25, 0.3) is 0 Å². The number of rotatable bonds is 5. The molecule has 1 aromatic carbocycles. The van der Waals surface area contributed by atoms with Crippen LogP contribution in [0.15, 0.2) is 24.3 Å². The number of ether oxygens (including phenoxy) is 1. The van der Waals surface area contributed by atoms with Crippen molar-refractivity contribution in [3.8, 4) is 5.75 Å². The third kappa shape index (κ3) is 9.47. The fourth-order valence-corrected chi connectivity index (χ4v) is 1.08. The number of nitrogens with two attached hydrogens (primary N) is 1. The summed E-state index contributed by atoms with van der Waals surface area (Å²) < 4.78 is 4.46. The molecule has 1 radical (unpaired) electrons. The van der Waals surface area contributed by atoms with E-state index in [2.05, 4.69) is 4.74 Å². The molecule has 0 spiro atoms. The first kappa shape index (κ1) is 20.2. The van der Waals surface area contributed by atoms with Gasteiger partial charge in [-0.05, 0) is 17.7 Å². The minimum absolute atomic E-state index is 0. The number of aliphatic carboxylic acids is 1. The Bertz CT molecular complexity index is 394. The maximum atomic E-state index is 10.5. The van der Waals surface area contributed by atoms with E-state index in [0.717, 1.165) is 5.56 Å². The zero-order valence-corrected chi connectivity index (χ0v) is 13.2. The van der Waals surface area contributed by atoms with Crippen molar-refractivity contribution in [1.82, 2.24) is 0 Å². The van der Waals surface area contributed by atoms with Crippen molar-refractivity contribution < 1.29 is 56.9 Å². The predicted octanol–water partition coefficient (Wildman–Crippen LogP) is 0.200. The Morgan fingerprint density at radius 1 is 1.37 bits per heavy atom. The number of hydrogen-bond donors (Lipinski definition) is 2. The molecule has 101 valence electrons. The largest absolute Gasteiger partial charge is 0.610 e. The summed E-state index contributed by atoms with van der Waals surface area (Å²) in [5.41, 5.74) is 6.12. The maximum absolute atomic E-state index is 10.5. The van der Waals surface area contributed by atoms with Crippen molar-refractivity contribution in [3.63, 3.8) is 0 Å². The number of carboxylic acid groups (broad SMARTS) is 1. The minimum atomic E-state index is -1.04. The predicted molar refractivity (Wildman–Crippen MR) is 63.4 cm³/mol. The molecule has 0 aromatic heterocycles. The smallest absolute Gasteiger partial charge is 0.320 e. The average molecular weight is 340 g/mol. The van der Waals surface area contributed by atoms with Gasteiger partial charge >= 0.3 is 5.97 Å². The molecule has 3 N–H and O–H groups in total. The summed E-state index contributed by atoms with van der Waals surface area (Å²) in [5.74, 6) is -0.686. The van der Waals surface area contributed by atoms with Gasteiger partial charge in [-0.1, -0.05) is 12.1 Å². The fourth-order valence-electron chi connectivity index (χ4n) is 1.08. The van der Waals surface area contributed by atoms with Crippen molar-refractivity contribution in [2.45, 2.75) is 19.4 Å². The van der Waals surface area contributed by atoms with Crippen LogP contribution in [-0.4, -0.2) is 29.9 Å². The first-order valence-electron chi connectivity index (χ1n) is 4.95. The van der Waals surface area contributed by atoms with Crippen molar-refractivity contribution in [2.24, 2.45) is 5.73 Å². The van der Waals surface area contributed by atoms with Crippen LogP contribution in [0.3, 0.4) is 0 Å². The number of carbonyl (C=O) groups is 1. The molecule has 1 rings (SSSR count). The molecule has 0 heterocycles. The summed E-state index contributed by atoms with van der Waals surface area (Å²) in [4.78, 5) is 29.0. The van der Waals surface area contributed by atoms with Gasteiger partial charge in [0.2, 0.25) is 0 Å². The van der Waals surface area contributed by atoms with Gasteiger partial charge in [0.1, 0.15) is 6.04 Å². The van der Waals surface area contributed by atoms with Crippen LogP contribution in [-0.2, 0) is 53.5 Å². The van der Waals surface area contributed by atoms with Crippen LogP contribution in [0.2, 0.25) is 0 Å². The van der Waals surface area contributed by atoms with Crippen LogP contribution in [0.25, 0.3) is 0 Å². The number of hydrogen-bond acceptors (Lipinski definition) is 5. The van der Waals surface area contributed by atoms with Gasteiger partial charge < -0.3 is 25.2 Å². The number of carboxylic acids is 1. The molecule has 0 amide bonds. The summed E-state index contributed by atoms with van der Waals surface area (Å²) in [5, 5.41) is 8.58. The minimum Gasteiger partial charge on any atom is -0.610 e. The standard InChI is InChI=1S/C10H10NO4.C2H3O.Y/c11-9(10(13)14)5-7-1-3-8(4-2-7)15-6-12;1-2-3;/h1-4,9H,5,11H2,(H,13,14);1H3;/q2*-1;. The third-order valence-corrected chi connectivity index (χ3v) is 1.86. The zero-order chi connectivity index (χ0) is 14.0. The molecule has 1 unspecified atom stereocenters. The van der Waals surface area contributed by atoms with E-state index in [4.69, 9.17) is 15.6 Å². The Hall–Kier alpha value is -1.11. The summed E-state index contributed by atoms with van der Waals surface area (Å²) >= 11 is 0. The second-order valence-corrected chi connectivity index (χ2v) is 3.18. The summed E-state index contributed by atoms with van der Waals surface area (Å²) in [6.07, 6.45) is 1.74. The number of carbonyl (C=O) groups excluding carboxylic acids is 2. The van der Waals surface area contributed by atoms with Gasteiger partial charge in [-0.15, -0.1) is 12.1 Å². The molecule has 0 aliphatic rings. The van der Waals surface area contributed by atoms with Crippen LogP contribution >= 0.6 is 0 Å². The molecule has 0 saturated carbocycles. The Morgan fingerprint density at radius 3 is 2.21 bits per heavy atom. The molecule has 19 heavy (non-hydrogen) atoms. The van der Waals surface area contributed by atoms with Gasteiger partial charge in [0.15, 0.2) is 6.47 Å². The molecule has 7 heteroatoms. The molecule has 0 aliphatic heterocycles. The van der Waals surface area contributed by atoms with E-state index >= 15 is 0 Å². The Labute approximate surface area is 136 Å². The second kappa shape index (κ2) is 12.0. The van der Waals surface area contributed by atoms with E-state index in [0.29, 0.717) is 5.75 Å². The van der Waals surface area contributed by atoms with Crippen LogP contribution < -0.4 is 10.5 Å². The van der Waals surface area contributed by atoms with Crippen LogP contribution in [0, 0.1) is 0 Å². The van der Waals surface area contributed by atoms with Crippen molar-refractivity contribution in [2.75, 3.05) is 0 Å². The molecule has 0 fully saturated rings. The van der Waals surface area contributed by atoms with E-state index in [1.165, 1.54) is 19.7 Å². The topological polar surface area (TPSA) is 107 Å². The van der Waals surface area contributed by atoms with Gasteiger partial charge in [-0.25, -0.2) is 0 Å².